The van der Waals surface area contributed by atoms with Gasteiger partial charge in [-0.25, -0.2) is 0 Å². The van der Waals surface area contributed by atoms with Crippen LogP contribution in [0, 0.1) is 0 Å². The fraction of sp³-hybridized carbons (Fsp3) is 0.231. The first-order valence-corrected chi connectivity index (χ1v) is 7.65. The zero-order valence-corrected chi connectivity index (χ0v) is 14.4. The molecule has 5 nitrogen and oxygen atoms in total. The van der Waals surface area contributed by atoms with Crippen molar-refractivity contribution < 1.29 is 4.79 Å². The summed E-state index contributed by atoms with van der Waals surface area (Å²) in [6.07, 6.45) is 0. The first kappa shape index (κ1) is 16.1. The van der Waals surface area contributed by atoms with Crippen molar-refractivity contribution in [3.8, 4) is 0 Å². The van der Waals surface area contributed by atoms with Crippen LogP contribution in [-0.4, -0.2) is 16.1 Å². The second kappa shape index (κ2) is 6.25. The third-order valence-electron chi connectivity index (χ3n) is 2.87. The van der Waals surface area contributed by atoms with E-state index in [0.717, 1.165) is 4.47 Å². The van der Waals surface area contributed by atoms with E-state index in [0.29, 0.717) is 27.1 Å². The number of hydrogen-bond donors (Lipinski definition) is 3. The molecule has 0 saturated heterocycles. The van der Waals surface area contributed by atoms with Crippen LogP contribution in [0.2, 0.25) is 10.0 Å². The van der Waals surface area contributed by atoms with E-state index in [4.69, 9.17) is 28.9 Å². The van der Waals surface area contributed by atoms with Crippen LogP contribution in [0.4, 0.5) is 11.4 Å². The molecule has 8 heteroatoms. The number of aromatic nitrogens is 2. The summed E-state index contributed by atoms with van der Waals surface area (Å²) in [6, 6.07) is 3.27. The Kier molecular flexibility index (Phi) is 4.81. The molecule has 0 radical (unpaired) electrons. The average molecular weight is 392 g/mol. The third kappa shape index (κ3) is 3.33. The van der Waals surface area contributed by atoms with Crippen LogP contribution in [0.1, 0.15) is 35.9 Å². The summed E-state index contributed by atoms with van der Waals surface area (Å²) in [6.45, 7) is 3.90. The number of nitrogens with one attached hydrogen (secondary N) is 2. The number of carbonyl (C=O) groups excluding carboxylic acids is 1. The van der Waals surface area contributed by atoms with Gasteiger partial charge in [0.2, 0.25) is 0 Å². The van der Waals surface area contributed by atoms with E-state index in [1.165, 1.54) is 0 Å². The maximum absolute atomic E-state index is 12.3. The number of rotatable bonds is 3. The van der Waals surface area contributed by atoms with Gasteiger partial charge in [-0.05, 0) is 18.1 Å². The first-order chi connectivity index (χ1) is 9.81. The normalized spacial score (nSPS) is 11.0. The molecule has 2 rings (SSSR count). The Morgan fingerprint density at radius 3 is 2.43 bits per heavy atom. The molecule has 2 aromatic rings. The van der Waals surface area contributed by atoms with E-state index in [2.05, 4.69) is 31.4 Å². The molecular weight excluding hydrogens is 379 g/mol. The quantitative estimate of drug-likeness (QED) is 0.723. The lowest BCUT2D eigenvalue weighted by Crippen LogP contribution is -2.15. The molecule has 0 fully saturated rings. The van der Waals surface area contributed by atoms with Gasteiger partial charge in [0.05, 0.1) is 27.1 Å². The van der Waals surface area contributed by atoms with Gasteiger partial charge in [-0.15, -0.1) is 0 Å². The van der Waals surface area contributed by atoms with Crippen LogP contribution < -0.4 is 11.1 Å². The average Bonchev–Trinajstić information content (AvgIpc) is 2.75. The standard InChI is InChI=1S/C13H13BrCl2N4O/c1-5(2)10-9(17)12(20-19-10)13(21)18-11-7(15)3-6(14)4-8(11)16/h3-5H,17H2,1-2H3,(H,18,21)(H,19,20). The van der Waals surface area contributed by atoms with Crippen molar-refractivity contribution in [2.24, 2.45) is 0 Å². The second-order valence-electron chi connectivity index (χ2n) is 4.75. The number of nitrogens with zero attached hydrogens (tertiary/aromatic N) is 1. The summed E-state index contributed by atoms with van der Waals surface area (Å²) in [4.78, 5) is 12.3. The van der Waals surface area contributed by atoms with Gasteiger partial charge in [0, 0.05) is 4.47 Å². The zero-order chi connectivity index (χ0) is 15.7. The van der Waals surface area contributed by atoms with E-state index >= 15 is 0 Å². The summed E-state index contributed by atoms with van der Waals surface area (Å²) < 4.78 is 0.719. The summed E-state index contributed by atoms with van der Waals surface area (Å²) >= 11 is 15.4. The maximum Gasteiger partial charge on any atom is 0.278 e. The van der Waals surface area contributed by atoms with Gasteiger partial charge < -0.3 is 11.1 Å². The molecule has 1 heterocycles. The Hall–Kier alpha value is -1.24. The first-order valence-electron chi connectivity index (χ1n) is 6.11. The highest BCUT2D eigenvalue weighted by molar-refractivity contribution is 9.10. The summed E-state index contributed by atoms with van der Waals surface area (Å²) in [5, 5.41) is 9.99. The lowest BCUT2D eigenvalue weighted by Gasteiger charge is -2.09. The minimum Gasteiger partial charge on any atom is -0.395 e. The van der Waals surface area contributed by atoms with Crippen LogP contribution in [0.25, 0.3) is 0 Å². The molecule has 21 heavy (non-hydrogen) atoms. The Morgan fingerprint density at radius 2 is 1.95 bits per heavy atom. The van der Waals surface area contributed by atoms with Crippen LogP contribution in [0.5, 0.6) is 0 Å². The van der Waals surface area contributed by atoms with Crippen molar-refractivity contribution in [2.75, 3.05) is 11.1 Å². The minimum absolute atomic E-state index is 0.119. The molecule has 1 amide bonds. The van der Waals surface area contributed by atoms with Crippen LogP contribution in [-0.2, 0) is 0 Å². The number of H-pyrrole nitrogens is 1. The van der Waals surface area contributed by atoms with Gasteiger partial charge in [0.25, 0.3) is 5.91 Å². The molecule has 1 aromatic heterocycles. The number of anilines is 2. The van der Waals surface area contributed by atoms with E-state index in [-0.39, 0.29) is 11.6 Å². The molecule has 0 aliphatic carbocycles. The molecule has 0 atom stereocenters. The lowest BCUT2D eigenvalue weighted by molar-refractivity contribution is 0.102. The van der Waals surface area contributed by atoms with Crippen LogP contribution in [0.3, 0.4) is 0 Å². The van der Waals surface area contributed by atoms with Gasteiger partial charge in [-0.3, -0.25) is 9.89 Å². The number of carbonyl (C=O) groups is 1. The predicted octanol–water partition coefficient (Wildman–Crippen LogP) is 4.44. The topological polar surface area (TPSA) is 83.8 Å². The molecule has 0 unspecified atom stereocenters. The number of amides is 1. The highest BCUT2D eigenvalue weighted by Crippen LogP contribution is 2.34. The molecule has 0 aliphatic heterocycles. The monoisotopic (exact) mass is 390 g/mol. The van der Waals surface area contributed by atoms with Gasteiger partial charge in [0.1, 0.15) is 0 Å². The van der Waals surface area contributed by atoms with Crippen molar-refractivity contribution in [3.63, 3.8) is 0 Å². The fourth-order valence-electron chi connectivity index (χ4n) is 1.81. The van der Waals surface area contributed by atoms with Crippen molar-refractivity contribution in [1.82, 2.24) is 10.2 Å². The molecule has 4 N–H and O–H groups in total. The molecule has 112 valence electrons. The number of hydrogen-bond acceptors (Lipinski definition) is 3. The molecule has 0 spiro atoms. The van der Waals surface area contributed by atoms with Gasteiger partial charge in [-0.1, -0.05) is 53.0 Å². The van der Waals surface area contributed by atoms with Gasteiger partial charge in [-0.2, -0.15) is 5.10 Å². The van der Waals surface area contributed by atoms with Crippen molar-refractivity contribution >= 4 is 56.4 Å². The number of halogens is 3. The molecule has 0 bridgehead atoms. The molecular formula is C13H13BrCl2N4O. The van der Waals surface area contributed by atoms with E-state index < -0.39 is 5.91 Å². The van der Waals surface area contributed by atoms with Gasteiger partial charge >= 0.3 is 0 Å². The van der Waals surface area contributed by atoms with Crippen LogP contribution in [0.15, 0.2) is 16.6 Å². The Balaban J connectivity index is 2.31. The predicted molar refractivity (Wildman–Crippen MR) is 89.2 cm³/mol. The smallest absolute Gasteiger partial charge is 0.278 e. The summed E-state index contributed by atoms with van der Waals surface area (Å²) in [5.41, 5.74) is 7.41. The minimum atomic E-state index is -0.471. The number of benzene rings is 1. The Bertz CT molecular complexity index is 676. The zero-order valence-electron chi connectivity index (χ0n) is 11.3. The SMILES string of the molecule is CC(C)c1[nH]nc(C(=O)Nc2c(Cl)cc(Br)cc2Cl)c1N. The molecule has 0 aliphatic rings. The van der Waals surface area contributed by atoms with E-state index in [1.807, 2.05) is 13.8 Å². The van der Waals surface area contributed by atoms with Crippen molar-refractivity contribution in [1.29, 1.82) is 0 Å². The highest BCUT2D eigenvalue weighted by Gasteiger charge is 2.20. The Labute approximate surface area is 140 Å². The van der Waals surface area contributed by atoms with E-state index in [1.54, 1.807) is 12.1 Å². The number of nitrogens with two attached hydrogens (primary N) is 1. The third-order valence-corrected chi connectivity index (χ3v) is 3.93. The number of aromatic amines is 1. The molecule has 1 aromatic carbocycles. The summed E-state index contributed by atoms with van der Waals surface area (Å²) in [7, 11) is 0. The van der Waals surface area contributed by atoms with Crippen molar-refractivity contribution in [2.45, 2.75) is 19.8 Å². The van der Waals surface area contributed by atoms with Gasteiger partial charge in [0.15, 0.2) is 5.69 Å². The molecule has 0 saturated carbocycles. The van der Waals surface area contributed by atoms with E-state index in [9.17, 15) is 4.79 Å². The van der Waals surface area contributed by atoms with Crippen molar-refractivity contribution in [3.05, 3.63) is 38.0 Å². The maximum atomic E-state index is 12.3. The highest BCUT2D eigenvalue weighted by atomic mass is 79.9. The summed E-state index contributed by atoms with van der Waals surface area (Å²) in [5.74, 6) is -0.333. The largest absolute Gasteiger partial charge is 0.395 e. The lowest BCUT2D eigenvalue weighted by atomic mass is 10.1. The number of nitrogen functional groups attached to an aromatic ring is 1. The fourth-order valence-corrected chi connectivity index (χ4v) is 3.11. The Morgan fingerprint density at radius 1 is 1.38 bits per heavy atom. The van der Waals surface area contributed by atoms with Crippen LogP contribution >= 0.6 is 39.1 Å². The second-order valence-corrected chi connectivity index (χ2v) is 6.48.